The summed E-state index contributed by atoms with van der Waals surface area (Å²) in [6.45, 7) is 0. The van der Waals surface area contributed by atoms with Gasteiger partial charge in [-0.25, -0.2) is 4.98 Å². The minimum Gasteiger partial charge on any atom is -0.480 e. The first-order chi connectivity index (χ1) is 9.11. The maximum absolute atomic E-state index is 11.2. The summed E-state index contributed by atoms with van der Waals surface area (Å²) in [5, 5.41) is 12.0. The third-order valence-electron chi connectivity index (χ3n) is 3.75. The maximum Gasteiger partial charge on any atom is 0.325 e. The lowest BCUT2D eigenvalue weighted by atomic mass is 10.1. The van der Waals surface area contributed by atoms with Gasteiger partial charge in [0.25, 0.3) is 0 Å². The number of hydrogen-bond donors (Lipinski definition) is 2. The molecule has 0 aliphatic heterocycles. The number of aliphatic carboxylic acids is 1. The highest BCUT2D eigenvalue weighted by Crippen LogP contribution is 2.40. The van der Waals surface area contributed by atoms with Gasteiger partial charge in [0.05, 0.1) is 11.0 Å². The molecule has 1 heterocycles. The van der Waals surface area contributed by atoms with Gasteiger partial charge in [0.1, 0.15) is 11.9 Å². The number of aryl methyl sites for hydroxylation is 1. The molecule has 0 saturated heterocycles. The van der Waals surface area contributed by atoms with Gasteiger partial charge in [0, 0.05) is 13.0 Å². The van der Waals surface area contributed by atoms with Crippen LogP contribution >= 0.6 is 0 Å². The molecule has 1 unspecified atom stereocenters. The van der Waals surface area contributed by atoms with Gasteiger partial charge in [-0.15, -0.1) is 0 Å². The predicted molar refractivity (Wildman–Crippen MR) is 72.1 cm³/mol. The fraction of sp³-hybridized carbons (Fsp3) is 0.429. The number of aromatic nitrogens is 2. The Morgan fingerprint density at radius 1 is 1.53 bits per heavy atom. The number of rotatable bonds is 4. The number of fused-ring (bicyclic) bond motifs is 1. The Hall–Kier alpha value is -1.88. The minimum absolute atomic E-state index is 0.584. The van der Waals surface area contributed by atoms with Crippen LogP contribution in [0.1, 0.15) is 36.2 Å². The topological polar surface area (TPSA) is 67.2 Å². The number of carboxylic acid groups (broad SMARTS) is 1. The van der Waals surface area contributed by atoms with Crippen molar-refractivity contribution < 1.29 is 9.90 Å². The van der Waals surface area contributed by atoms with Crippen molar-refractivity contribution in [3.05, 3.63) is 29.6 Å². The number of carboxylic acids is 1. The van der Waals surface area contributed by atoms with Crippen LogP contribution in [0.5, 0.6) is 0 Å². The van der Waals surface area contributed by atoms with Crippen molar-refractivity contribution >= 4 is 17.0 Å². The molecule has 1 aromatic carbocycles. The Kier molecular flexibility index (Phi) is 2.78. The summed E-state index contributed by atoms with van der Waals surface area (Å²) in [6, 6.07) is 4.98. The number of nitrogens with one attached hydrogen (secondary N) is 1. The molecule has 1 atom stereocenters. The molecule has 2 aromatic rings. The standard InChI is InChI=1S/C14H17N3O2/c1-15-12(14(18)19)9-5-6-10-11(7-9)17(2)13(16-10)8-3-4-8/h5-8,12,15H,3-4H2,1-2H3,(H,18,19). The van der Waals surface area contributed by atoms with Crippen LogP contribution in [0.3, 0.4) is 0 Å². The highest BCUT2D eigenvalue weighted by Gasteiger charge is 2.29. The van der Waals surface area contributed by atoms with Crippen molar-refractivity contribution in [1.82, 2.24) is 14.9 Å². The van der Waals surface area contributed by atoms with Gasteiger partial charge in [-0.05, 0) is 37.6 Å². The van der Waals surface area contributed by atoms with Crippen molar-refractivity contribution in [2.75, 3.05) is 7.05 Å². The molecule has 1 aliphatic rings. The summed E-state index contributed by atoms with van der Waals surface area (Å²) >= 11 is 0. The molecule has 0 bridgehead atoms. The minimum atomic E-state index is -0.869. The lowest BCUT2D eigenvalue weighted by Crippen LogP contribution is -2.24. The zero-order valence-electron chi connectivity index (χ0n) is 11.1. The van der Waals surface area contributed by atoms with E-state index in [1.165, 1.54) is 12.8 Å². The fourth-order valence-corrected chi connectivity index (χ4v) is 2.54. The van der Waals surface area contributed by atoms with E-state index >= 15 is 0 Å². The Morgan fingerprint density at radius 3 is 2.84 bits per heavy atom. The van der Waals surface area contributed by atoms with E-state index in [9.17, 15) is 9.90 Å². The molecular formula is C14H17N3O2. The Balaban J connectivity index is 2.09. The fourth-order valence-electron chi connectivity index (χ4n) is 2.54. The van der Waals surface area contributed by atoms with Crippen LogP contribution in [0.15, 0.2) is 18.2 Å². The zero-order valence-corrected chi connectivity index (χ0v) is 11.1. The second-order valence-corrected chi connectivity index (χ2v) is 5.11. The smallest absolute Gasteiger partial charge is 0.325 e. The largest absolute Gasteiger partial charge is 0.480 e. The third-order valence-corrected chi connectivity index (χ3v) is 3.75. The summed E-state index contributed by atoms with van der Waals surface area (Å²) in [6.07, 6.45) is 2.41. The number of imidazole rings is 1. The lowest BCUT2D eigenvalue weighted by Gasteiger charge is -2.11. The number of carbonyl (C=O) groups is 1. The summed E-state index contributed by atoms with van der Waals surface area (Å²) < 4.78 is 2.09. The van der Waals surface area contributed by atoms with Crippen molar-refractivity contribution in [3.63, 3.8) is 0 Å². The van der Waals surface area contributed by atoms with Gasteiger partial charge in [0.15, 0.2) is 0 Å². The van der Waals surface area contributed by atoms with E-state index in [2.05, 4.69) is 14.9 Å². The van der Waals surface area contributed by atoms with Crippen LogP contribution in [0.25, 0.3) is 11.0 Å². The van der Waals surface area contributed by atoms with E-state index in [1.807, 2.05) is 25.2 Å². The van der Waals surface area contributed by atoms with Crippen LogP contribution in [-0.4, -0.2) is 27.7 Å². The van der Waals surface area contributed by atoms with Gasteiger partial charge in [-0.3, -0.25) is 4.79 Å². The van der Waals surface area contributed by atoms with Crippen LogP contribution in [0.4, 0.5) is 0 Å². The molecule has 1 aromatic heterocycles. The van der Waals surface area contributed by atoms with Crippen LogP contribution in [-0.2, 0) is 11.8 Å². The lowest BCUT2D eigenvalue weighted by molar-refractivity contribution is -0.139. The maximum atomic E-state index is 11.2. The van der Waals surface area contributed by atoms with E-state index in [1.54, 1.807) is 7.05 Å². The highest BCUT2D eigenvalue weighted by molar-refractivity contribution is 5.81. The zero-order chi connectivity index (χ0) is 13.6. The van der Waals surface area contributed by atoms with Gasteiger partial charge in [-0.2, -0.15) is 0 Å². The third kappa shape index (κ3) is 2.00. The quantitative estimate of drug-likeness (QED) is 0.878. The number of benzene rings is 1. The Morgan fingerprint density at radius 2 is 2.26 bits per heavy atom. The molecule has 0 amide bonds. The molecular weight excluding hydrogens is 242 g/mol. The summed E-state index contributed by atoms with van der Waals surface area (Å²) in [5.41, 5.74) is 2.70. The van der Waals surface area contributed by atoms with Crippen molar-refractivity contribution in [1.29, 1.82) is 0 Å². The molecule has 1 saturated carbocycles. The van der Waals surface area contributed by atoms with Crippen molar-refractivity contribution in [3.8, 4) is 0 Å². The first-order valence-electron chi connectivity index (χ1n) is 6.48. The van der Waals surface area contributed by atoms with Gasteiger partial charge in [-0.1, -0.05) is 6.07 Å². The van der Waals surface area contributed by atoms with Crippen LogP contribution in [0, 0.1) is 0 Å². The summed E-state index contributed by atoms with van der Waals surface area (Å²) in [4.78, 5) is 15.8. The highest BCUT2D eigenvalue weighted by atomic mass is 16.4. The second-order valence-electron chi connectivity index (χ2n) is 5.11. The molecule has 19 heavy (non-hydrogen) atoms. The van der Waals surface area contributed by atoms with E-state index in [4.69, 9.17) is 0 Å². The van der Waals surface area contributed by atoms with Crippen LogP contribution in [0.2, 0.25) is 0 Å². The average molecular weight is 259 g/mol. The monoisotopic (exact) mass is 259 g/mol. The van der Waals surface area contributed by atoms with E-state index in [-0.39, 0.29) is 0 Å². The first-order valence-corrected chi connectivity index (χ1v) is 6.48. The summed E-state index contributed by atoms with van der Waals surface area (Å²) in [7, 11) is 3.66. The normalized spacial score (nSPS) is 16.7. The summed E-state index contributed by atoms with van der Waals surface area (Å²) in [5.74, 6) is 0.829. The second kappa shape index (κ2) is 4.35. The van der Waals surface area contributed by atoms with Crippen molar-refractivity contribution in [2.24, 2.45) is 7.05 Å². The Labute approximate surface area is 111 Å². The van der Waals surface area contributed by atoms with E-state index in [0.717, 1.165) is 22.4 Å². The number of nitrogens with zero attached hydrogens (tertiary/aromatic N) is 2. The van der Waals surface area contributed by atoms with E-state index < -0.39 is 12.0 Å². The van der Waals surface area contributed by atoms with Gasteiger partial charge < -0.3 is 15.0 Å². The Bertz CT molecular complexity index is 643. The molecule has 3 rings (SSSR count). The molecule has 0 radical (unpaired) electrons. The average Bonchev–Trinajstić information content (AvgIpc) is 3.16. The van der Waals surface area contributed by atoms with Gasteiger partial charge >= 0.3 is 5.97 Å². The number of likely N-dealkylation sites (N-methyl/N-ethyl adjacent to an activating group) is 1. The van der Waals surface area contributed by atoms with E-state index in [0.29, 0.717) is 5.92 Å². The predicted octanol–water partition coefficient (Wildman–Crippen LogP) is 1.80. The molecule has 1 fully saturated rings. The molecule has 2 N–H and O–H groups in total. The first kappa shape index (κ1) is 12.2. The van der Waals surface area contributed by atoms with Crippen molar-refractivity contribution in [2.45, 2.75) is 24.8 Å². The van der Waals surface area contributed by atoms with Crippen LogP contribution < -0.4 is 5.32 Å². The van der Waals surface area contributed by atoms with Gasteiger partial charge in [0.2, 0.25) is 0 Å². The molecule has 0 spiro atoms. The SMILES string of the molecule is CNC(C(=O)O)c1ccc2nc(C3CC3)n(C)c2c1. The molecule has 5 heteroatoms. The molecule has 100 valence electrons. The number of hydrogen-bond acceptors (Lipinski definition) is 3. The molecule has 1 aliphatic carbocycles. The molecule has 5 nitrogen and oxygen atoms in total.